The summed E-state index contributed by atoms with van der Waals surface area (Å²) < 4.78 is 30.4. The smallest absolute Gasteiger partial charge is 0.262 e. The lowest BCUT2D eigenvalue weighted by atomic mass is 10.1. The lowest BCUT2D eigenvalue weighted by Crippen LogP contribution is -2.19. The summed E-state index contributed by atoms with van der Waals surface area (Å²) in [4.78, 5) is 6.64. The summed E-state index contributed by atoms with van der Waals surface area (Å²) in [5.74, 6) is 0.0363. The molecule has 4 aromatic rings. The molecule has 0 spiro atoms. The van der Waals surface area contributed by atoms with Crippen LogP contribution in [0, 0.1) is 3.57 Å². The van der Waals surface area contributed by atoms with Crippen LogP contribution in [0.5, 0.6) is 0 Å². The monoisotopic (exact) mass is 628 g/mol. The van der Waals surface area contributed by atoms with Crippen LogP contribution < -0.4 is 14.9 Å². The second-order valence-electron chi connectivity index (χ2n) is 7.68. The van der Waals surface area contributed by atoms with Crippen molar-refractivity contribution >= 4 is 82.8 Å². The number of halogens is 2. The Morgan fingerprint density at radius 2 is 1.88 bits per heavy atom. The van der Waals surface area contributed by atoms with Gasteiger partial charge in [-0.1, -0.05) is 30.3 Å². The number of hydrogen-bond acceptors (Lipinski definition) is 7. The summed E-state index contributed by atoms with van der Waals surface area (Å²) in [6.07, 6.45) is -0.895. The van der Waals surface area contributed by atoms with Gasteiger partial charge >= 0.3 is 0 Å². The Morgan fingerprint density at radius 1 is 1.15 bits per heavy atom. The van der Waals surface area contributed by atoms with Crippen LogP contribution in [0.25, 0.3) is 22.0 Å². The van der Waals surface area contributed by atoms with Gasteiger partial charge in [0.1, 0.15) is 6.23 Å². The molecule has 0 fully saturated rings. The molecule has 1 atom stereocenters. The van der Waals surface area contributed by atoms with E-state index in [2.05, 4.69) is 37.6 Å². The predicted octanol–water partition coefficient (Wildman–Crippen LogP) is 5.40. The quantitative estimate of drug-likeness (QED) is 0.137. The van der Waals surface area contributed by atoms with Crippen LogP contribution in [-0.2, 0) is 10.0 Å². The molecule has 34 heavy (non-hydrogen) atoms. The van der Waals surface area contributed by atoms with Gasteiger partial charge in [0.25, 0.3) is 10.0 Å². The van der Waals surface area contributed by atoms with E-state index in [1.807, 2.05) is 60.8 Å². The number of aromatic nitrogens is 1. The van der Waals surface area contributed by atoms with Crippen molar-refractivity contribution in [2.45, 2.75) is 11.1 Å². The molecule has 0 bridgehead atoms. The summed E-state index contributed by atoms with van der Waals surface area (Å²) in [5.41, 5.74) is 2.81. The van der Waals surface area contributed by atoms with E-state index < -0.39 is 16.3 Å². The van der Waals surface area contributed by atoms with Gasteiger partial charge in [-0.15, -0.1) is 22.9 Å². The Balaban J connectivity index is 1.69. The molecule has 3 aromatic carbocycles. The number of aliphatic hydroxyl groups is 1. The SMILES string of the molecule is CN(C)c1cccc2c(S(=O)(=O)Nc3cc(-c4csc(NC(O)CCl)n4)ccc3I)cccc12. The van der Waals surface area contributed by atoms with Gasteiger partial charge in [-0.3, -0.25) is 4.72 Å². The minimum absolute atomic E-state index is 0.0363. The van der Waals surface area contributed by atoms with Gasteiger partial charge in [0.05, 0.1) is 22.2 Å². The van der Waals surface area contributed by atoms with Crippen molar-refractivity contribution in [1.29, 1.82) is 0 Å². The van der Waals surface area contributed by atoms with Gasteiger partial charge in [0.2, 0.25) is 0 Å². The molecule has 1 unspecified atom stereocenters. The van der Waals surface area contributed by atoms with Gasteiger partial charge in [-0.2, -0.15) is 0 Å². The fourth-order valence-corrected chi connectivity index (χ4v) is 6.30. The third kappa shape index (κ3) is 5.25. The summed E-state index contributed by atoms with van der Waals surface area (Å²) in [7, 11) is -0.0123. The molecule has 1 aromatic heterocycles. The number of anilines is 3. The van der Waals surface area contributed by atoms with Crippen molar-refractivity contribution in [3.8, 4) is 11.3 Å². The highest BCUT2D eigenvalue weighted by molar-refractivity contribution is 14.1. The molecule has 1 heterocycles. The van der Waals surface area contributed by atoms with Crippen molar-refractivity contribution in [2.75, 3.05) is 34.9 Å². The number of hydrogen-bond donors (Lipinski definition) is 3. The van der Waals surface area contributed by atoms with E-state index in [9.17, 15) is 13.5 Å². The van der Waals surface area contributed by atoms with Crippen LogP contribution in [0.15, 0.2) is 64.9 Å². The van der Waals surface area contributed by atoms with Gasteiger partial charge in [0, 0.05) is 45.1 Å². The second kappa shape index (κ2) is 10.2. The molecule has 7 nitrogen and oxygen atoms in total. The molecule has 0 aliphatic carbocycles. The summed E-state index contributed by atoms with van der Waals surface area (Å²) in [5, 5.41) is 16.4. The lowest BCUT2D eigenvalue weighted by Gasteiger charge is -2.17. The lowest BCUT2D eigenvalue weighted by molar-refractivity contribution is 0.227. The molecule has 0 aliphatic rings. The van der Waals surface area contributed by atoms with Gasteiger partial charge in [-0.25, -0.2) is 13.4 Å². The maximum Gasteiger partial charge on any atom is 0.262 e. The van der Waals surface area contributed by atoms with Gasteiger partial charge < -0.3 is 15.3 Å². The third-order valence-electron chi connectivity index (χ3n) is 5.08. The van der Waals surface area contributed by atoms with Crippen LogP contribution >= 0.6 is 45.5 Å². The van der Waals surface area contributed by atoms with Crippen LogP contribution in [0.4, 0.5) is 16.5 Å². The molecule has 0 saturated heterocycles. The standard InChI is InChI=1S/C23H22ClIN4O3S2/c1-29(2)20-7-3-6-16-15(20)5-4-8-21(16)34(31,32)28-18-11-14(9-10-17(18)25)19-13-33-23(26-19)27-22(30)12-24/h3-11,13,22,28,30H,12H2,1-2H3,(H,26,27). The number of thiazole rings is 1. The largest absolute Gasteiger partial charge is 0.377 e. The zero-order valence-corrected chi connectivity index (χ0v) is 22.8. The molecule has 0 aliphatic heterocycles. The molecule has 11 heteroatoms. The van der Waals surface area contributed by atoms with E-state index in [0.29, 0.717) is 21.9 Å². The number of aliphatic hydroxyl groups excluding tert-OH is 1. The Labute approximate surface area is 221 Å². The first-order chi connectivity index (χ1) is 16.2. The van der Waals surface area contributed by atoms with Crippen molar-refractivity contribution in [1.82, 2.24) is 4.98 Å². The third-order valence-corrected chi connectivity index (χ3v) is 8.51. The van der Waals surface area contributed by atoms with E-state index in [-0.39, 0.29) is 10.8 Å². The molecular weight excluding hydrogens is 607 g/mol. The van der Waals surface area contributed by atoms with Crippen LogP contribution in [0.3, 0.4) is 0 Å². The Kier molecular flexibility index (Phi) is 7.53. The maximum atomic E-state index is 13.5. The molecule has 0 amide bonds. The van der Waals surface area contributed by atoms with Crippen molar-refractivity contribution in [3.05, 3.63) is 63.5 Å². The molecule has 3 N–H and O–H groups in total. The van der Waals surface area contributed by atoms with Crippen molar-refractivity contribution in [2.24, 2.45) is 0 Å². The Bertz CT molecular complexity index is 1440. The number of benzene rings is 3. The fraction of sp³-hybridized carbons (Fsp3) is 0.174. The van der Waals surface area contributed by atoms with E-state index >= 15 is 0 Å². The molecule has 178 valence electrons. The number of alkyl halides is 1. The Hall–Kier alpha value is -2.12. The topological polar surface area (TPSA) is 94.6 Å². The maximum absolute atomic E-state index is 13.5. The zero-order chi connectivity index (χ0) is 24.5. The first-order valence-corrected chi connectivity index (χ1v) is 14.1. The van der Waals surface area contributed by atoms with E-state index in [4.69, 9.17) is 11.6 Å². The molecular formula is C23H22ClIN4O3S2. The minimum Gasteiger partial charge on any atom is -0.377 e. The van der Waals surface area contributed by atoms with Crippen LogP contribution in [0.1, 0.15) is 0 Å². The summed E-state index contributed by atoms with van der Waals surface area (Å²) >= 11 is 9.06. The molecule has 0 radical (unpaired) electrons. The first-order valence-electron chi connectivity index (χ1n) is 10.2. The van der Waals surface area contributed by atoms with E-state index in [1.54, 1.807) is 18.2 Å². The highest BCUT2D eigenvalue weighted by atomic mass is 127. The second-order valence-corrected chi connectivity index (χ2v) is 11.7. The molecule has 4 rings (SSSR count). The number of sulfonamides is 1. The highest BCUT2D eigenvalue weighted by Crippen LogP contribution is 2.33. The number of rotatable bonds is 8. The normalized spacial score (nSPS) is 12.5. The van der Waals surface area contributed by atoms with E-state index in [0.717, 1.165) is 20.2 Å². The zero-order valence-electron chi connectivity index (χ0n) is 18.3. The first kappa shape index (κ1) is 25.0. The Morgan fingerprint density at radius 3 is 2.62 bits per heavy atom. The number of nitrogens with zero attached hydrogens (tertiary/aromatic N) is 2. The number of nitrogens with one attached hydrogen (secondary N) is 2. The average Bonchev–Trinajstić information content (AvgIpc) is 3.27. The highest BCUT2D eigenvalue weighted by Gasteiger charge is 2.20. The molecule has 0 saturated carbocycles. The van der Waals surface area contributed by atoms with Crippen LogP contribution in [0.2, 0.25) is 0 Å². The summed E-state index contributed by atoms with van der Waals surface area (Å²) in [6.45, 7) is 0. The van der Waals surface area contributed by atoms with Gasteiger partial charge in [0.15, 0.2) is 5.13 Å². The van der Waals surface area contributed by atoms with Crippen LogP contribution in [-0.4, -0.2) is 44.7 Å². The predicted molar refractivity (Wildman–Crippen MR) is 150 cm³/mol. The minimum atomic E-state index is -3.87. The average molecular weight is 629 g/mol. The van der Waals surface area contributed by atoms with Crippen molar-refractivity contribution < 1.29 is 13.5 Å². The van der Waals surface area contributed by atoms with Gasteiger partial charge in [-0.05, 0) is 46.9 Å². The van der Waals surface area contributed by atoms with E-state index in [1.165, 1.54) is 11.3 Å². The van der Waals surface area contributed by atoms with Crippen molar-refractivity contribution in [3.63, 3.8) is 0 Å². The summed E-state index contributed by atoms with van der Waals surface area (Å²) in [6, 6.07) is 16.4. The number of fused-ring (bicyclic) bond motifs is 1. The fourth-order valence-electron chi connectivity index (χ4n) is 3.51.